The predicted molar refractivity (Wildman–Crippen MR) is 99.1 cm³/mol. The number of para-hydroxylation sites is 1. The number of aliphatic hydroxyl groups excluding tert-OH is 1. The average Bonchev–Trinajstić information content (AvgIpc) is 3.12. The second-order valence-electron chi connectivity index (χ2n) is 6.75. The van der Waals surface area contributed by atoms with Crippen molar-refractivity contribution in [3.63, 3.8) is 0 Å². The van der Waals surface area contributed by atoms with Crippen molar-refractivity contribution in [1.82, 2.24) is 4.90 Å². The van der Waals surface area contributed by atoms with Crippen LogP contribution in [0.15, 0.2) is 48.5 Å². The van der Waals surface area contributed by atoms with E-state index in [0.29, 0.717) is 18.9 Å². The van der Waals surface area contributed by atoms with Crippen molar-refractivity contribution in [1.29, 1.82) is 0 Å². The number of benzene rings is 2. The molecule has 1 saturated heterocycles. The van der Waals surface area contributed by atoms with E-state index in [-0.39, 0.29) is 0 Å². The first-order valence-corrected chi connectivity index (χ1v) is 9.10. The van der Waals surface area contributed by atoms with Gasteiger partial charge in [-0.25, -0.2) is 0 Å². The van der Waals surface area contributed by atoms with Crippen LogP contribution in [0, 0.1) is 0 Å². The number of hydrogen-bond donors (Lipinski definition) is 2. The zero-order valence-electron chi connectivity index (χ0n) is 14.6. The van der Waals surface area contributed by atoms with E-state index in [1.807, 2.05) is 30.3 Å². The average molecular weight is 341 g/mol. The largest absolute Gasteiger partial charge is 0.508 e. The van der Waals surface area contributed by atoms with Crippen molar-refractivity contribution < 1.29 is 14.9 Å². The number of hydrogen-bond acceptors (Lipinski definition) is 4. The van der Waals surface area contributed by atoms with Crippen LogP contribution in [-0.4, -0.2) is 47.5 Å². The van der Waals surface area contributed by atoms with Crippen LogP contribution in [-0.2, 0) is 12.8 Å². The normalized spacial score (nSPS) is 16.0. The lowest BCUT2D eigenvalue weighted by Gasteiger charge is -2.20. The summed E-state index contributed by atoms with van der Waals surface area (Å²) in [6.45, 7) is 3.17. The van der Waals surface area contributed by atoms with Gasteiger partial charge in [-0.1, -0.05) is 30.3 Å². The maximum Gasteiger partial charge on any atom is 0.122 e. The topological polar surface area (TPSA) is 52.9 Å². The van der Waals surface area contributed by atoms with E-state index in [1.165, 1.54) is 12.8 Å². The number of nitrogens with zero attached hydrogens (tertiary/aromatic N) is 1. The highest BCUT2D eigenvalue weighted by Gasteiger charge is 2.16. The quantitative estimate of drug-likeness (QED) is 0.775. The Hall–Kier alpha value is -2.04. The van der Waals surface area contributed by atoms with Crippen molar-refractivity contribution in [3.05, 3.63) is 59.7 Å². The summed E-state index contributed by atoms with van der Waals surface area (Å²) in [6, 6.07) is 15.3. The van der Waals surface area contributed by atoms with E-state index in [1.54, 1.807) is 12.1 Å². The van der Waals surface area contributed by atoms with Crippen molar-refractivity contribution in [2.75, 3.05) is 26.2 Å². The van der Waals surface area contributed by atoms with Crippen LogP contribution in [0.5, 0.6) is 11.5 Å². The van der Waals surface area contributed by atoms with Gasteiger partial charge in [0.1, 0.15) is 24.2 Å². The fraction of sp³-hybridized carbons (Fsp3) is 0.429. The smallest absolute Gasteiger partial charge is 0.122 e. The number of rotatable bonds is 8. The lowest BCUT2D eigenvalue weighted by molar-refractivity contribution is 0.0754. The lowest BCUT2D eigenvalue weighted by atomic mass is 10.0. The molecule has 0 saturated carbocycles. The van der Waals surface area contributed by atoms with Crippen LogP contribution in [0.3, 0.4) is 0 Å². The van der Waals surface area contributed by atoms with E-state index < -0.39 is 6.10 Å². The first kappa shape index (κ1) is 17.8. The summed E-state index contributed by atoms with van der Waals surface area (Å²) in [5, 5.41) is 19.8. The zero-order valence-corrected chi connectivity index (χ0v) is 14.6. The van der Waals surface area contributed by atoms with Crippen molar-refractivity contribution in [2.45, 2.75) is 31.8 Å². The van der Waals surface area contributed by atoms with E-state index >= 15 is 0 Å². The minimum atomic E-state index is -0.461. The second kappa shape index (κ2) is 8.88. The first-order chi connectivity index (χ1) is 12.2. The molecule has 0 radical (unpaired) electrons. The van der Waals surface area contributed by atoms with Crippen LogP contribution in [0.2, 0.25) is 0 Å². The molecule has 4 nitrogen and oxygen atoms in total. The number of likely N-dealkylation sites (tertiary alicyclic amines) is 1. The second-order valence-corrected chi connectivity index (χ2v) is 6.75. The number of aromatic hydroxyl groups is 1. The van der Waals surface area contributed by atoms with Gasteiger partial charge in [-0.15, -0.1) is 0 Å². The summed E-state index contributed by atoms with van der Waals surface area (Å²) >= 11 is 0. The highest BCUT2D eigenvalue weighted by atomic mass is 16.5. The predicted octanol–water partition coefficient (Wildman–Crippen LogP) is 3.01. The van der Waals surface area contributed by atoms with Gasteiger partial charge in [0.05, 0.1) is 0 Å². The molecule has 1 heterocycles. The van der Waals surface area contributed by atoms with Gasteiger partial charge in [-0.05, 0) is 68.1 Å². The van der Waals surface area contributed by atoms with Crippen molar-refractivity contribution in [2.24, 2.45) is 0 Å². The molecule has 1 aliphatic rings. The Labute approximate surface area is 149 Å². The third kappa shape index (κ3) is 5.48. The molecule has 0 aromatic heterocycles. The van der Waals surface area contributed by atoms with Crippen LogP contribution in [0.1, 0.15) is 24.0 Å². The van der Waals surface area contributed by atoms with E-state index in [2.05, 4.69) is 11.0 Å². The molecule has 0 bridgehead atoms. The van der Waals surface area contributed by atoms with Crippen LogP contribution < -0.4 is 4.74 Å². The van der Waals surface area contributed by atoms with Gasteiger partial charge < -0.3 is 19.8 Å². The first-order valence-electron chi connectivity index (χ1n) is 9.10. The van der Waals surface area contributed by atoms with Crippen LogP contribution >= 0.6 is 0 Å². The molecular weight excluding hydrogens is 314 g/mol. The molecule has 2 aromatic rings. The summed E-state index contributed by atoms with van der Waals surface area (Å²) in [5.74, 6) is 1.13. The molecule has 3 rings (SSSR count). The molecule has 1 fully saturated rings. The molecule has 2 aromatic carbocycles. The third-order valence-electron chi connectivity index (χ3n) is 4.67. The third-order valence-corrected chi connectivity index (χ3v) is 4.67. The number of aliphatic hydroxyl groups is 1. The molecule has 0 unspecified atom stereocenters. The van der Waals surface area contributed by atoms with E-state index in [9.17, 15) is 10.2 Å². The fourth-order valence-electron chi connectivity index (χ4n) is 3.34. The maximum absolute atomic E-state index is 10.2. The molecular formula is C21H27NO3. The van der Waals surface area contributed by atoms with Crippen molar-refractivity contribution >= 4 is 0 Å². The van der Waals surface area contributed by atoms with Crippen LogP contribution in [0.25, 0.3) is 0 Å². The Bertz CT molecular complexity index is 668. The van der Waals surface area contributed by atoms with Gasteiger partial charge in [0, 0.05) is 6.54 Å². The van der Waals surface area contributed by atoms with Gasteiger partial charge in [0.25, 0.3) is 0 Å². The van der Waals surface area contributed by atoms with Gasteiger partial charge in [-0.3, -0.25) is 0 Å². The molecule has 0 amide bonds. The van der Waals surface area contributed by atoms with Gasteiger partial charge >= 0.3 is 0 Å². The molecule has 134 valence electrons. The van der Waals surface area contributed by atoms with Gasteiger partial charge in [0.2, 0.25) is 0 Å². The minimum absolute atomic E-state index is 0.298. The zero-order chi connectivity index (χ0) is 17.5. The summed E-state index contributed by atoms with van der Waals surface area (Å²) in [7, 11) is 0. The minimum Gasteiger partial charge on any atom is -0.508 e. The highest BCUT2D eigenvalue weighted by molar-refractivity contribution is 5.35. The number of aryl methyl sites for hydroxylation is 2. The number of β-amino-alcohol motifs (C(OH)–C–C–N with tert-alkyl or cyclic N) is 1. The summed E-state index contributed by atoms with van der Waals surface area (Å²) in [4.78, 5) is 2.29. The molecule has 2 N–H and O–H groups in total. The number of ether oxygens (including phenoxy) is 1. The monoisotopic (exact) mass is 341 g/mol. The van der Waals surface area contributed by atoms with Gasteiger partial charge in [0.15, 0.2) is 0 Å². The van der Waals surface area contributed by atoms with Crippen LogP contribution in [0.4, 0.5) is 0 Å². The molecule has 0 spiro atoms. The van der Waals surface area contributed by atoms with E-state index in [0.717, 1.165) is 42.8 Å². The molecule has 4 heteroatoms. The maximum atomic E-state index is 10.2. The molecule has 1 atom stereocenters. The summed E-state index contributed by atoms with van der Waals surface area (Å²) in [6.07, 6.45) is 3.67. The molecule has 0 aliphatic carbocycles. The highest BCUT2D eigenvalue weighted by Crippen LogP contribution is 2.21. The Morgan fingerprint density at radius 3 is 2.60 bits per heavy atom. The Morgan fingerprint density at radius 2 is 1.80 bits per heavy atom. The number of phenols is 1. The Kier molecular flexibility index (Phi) is 6.31. The fourth-order valence-corrected chi connectivity index (χ4v) is 3.34. The Morgan fingerprint density at radius 1 is 1.00 bits per heavy atom. The number of phenolic OH excluding ortho intramolecular Hbond substituents is 1. The molecule has 25 heavy (non-hydrogen) atoms. The summed E-state index contributed by atoms with van der Waals surface area (Å²) < 4.78 is 5.90. The van der Waals surface area contributed by atoms with Gasteiger partial charge in [-0.2, -0.15) is 0 Å². The molecule has 1 aliphatic heterocycles. The standard InChI is InChI=1S/C21H27NO3/c23-19-8-5-6-17(14-19)10-11-18-7-1-2-9-21(18)25-16-20(24)15-22-12-3-4-13-22/h1-2,5-9,14,20,23-24H,3-4,10-13,15-16H2/t20-/m0/s1. The summed E-state index contributed by atoms with van der Waals surface area (Å²) in [5.41, 5.74) is 2.23. The lowest BCUT2D eigenvalue weighted by Crippen LogP contribution is -2.33. The SMILES string of the molecule is Oc1cccc(CCc2ccccc2OC[C@@H](O)CN2CCCC2)c1. The van der Waals surface area contributed by atoms with E-state index in [4.69, 9.17) is 4.74 Å². The van der Waals surface area contributed by atoms with Crippen molar-refractivity contribution in [3.8, 4) is 11.5 Å². The Balaban J connectivity index is 1.53.